The van der Waals surface area contributed by atoms with Gasteiger partial charge in [0.1, 0.15) is 28.9 Å². The molecule has 1 unspecified atom stereocenters. The number of carbonyl (C=O) groups is 1. The van der Waals surface area contributed by atoms with Crippen LogP contribution in [0.5, 0.6) is 28.7 Å². The highest BCUT2D eigenvalue weighted by atomic mass is 16.5. The number of nitriles is 1. The van der Waals surface area contributed by atoms with Gasteiger partial charge in [-0.25, -0.2) is 4.79 Å². The summed E-state index contributed by atoms with van der Waals surface area (Å²) < 4.78 is 28.0. The lowest BCUT2D eigenvalue weighted by Crippen LogP contribution is -2.21. The minimum Gasteiger partial charge on any atom is -0.493 e. The van der Waals surface area contributed by atoms with Gasteiger partial charge < -0.3 is 29.4 Å². The number of nitrogens with two attached hydrogens (primary N) is 1. The Labute approximate surface area is 209 Å². The number of para-hydroxylation sites is 1. The Morgan fingerprint density at radius 1 is 1.00 bits per heavy atom. The van der Waals surface area contributed by atoms with E-state index < -0.39 is 11.9 Å². The summed E-state index contributed by atoms with van der Waals surface area (Å²) in [4.78, 5) is 12.7. The number of hydrogen-bond acceptors (Lipinski definition) is 8. The molecule has 4 rings (SSSR count). The Kier molecular flexibility index (Phi) is 7.02. The second kappa shape index (κ2) is 10.3. The fraction of sp³-hybridized carbons (Fsp3) is 0.214. The minimum atomic E-state index is -0.568. The highest BCUT2D eigenvalue weighted by Crippen LogP contribution is 2.47. The van der Waals surface area contributed by atoms with Crippen molar-refractivity contribution in [1.29, 1.82) is 5.26 Å². The molecule has 184 valence electrons. The first-order valence-corrected chi connectivity index (χ1v) is 11.3. The lowest BCUT2D eigenvalue weighted by molar-refractivity contribution is 0.0734. The largest absolute Gasteiger partial charge is 0.493 e. The minimum absolute atomic E-state index is 0.0297. The number of hydrogen-bond donors (Lipinski definition) is 1. The molecule has 8 heteroatoms. The van der Waals surface area contributed by atoms with Gasteiger partial charge in [0.25, 0.3) is 0 Å². The van der Waals surface area contributed by atoms with E-state index in [1.807, 2.05) is 26.0 Å². The van der Waals surface area contributed by atoms with Crippen LogP contribution in [-0.2, 0) is 0 Å². The smallest absolute Gasteiger partial charge is 0.343 e. The number of fused-ring (bicyclic) bond motifs is 1. The molecule has 3 aromatic carbocycles. The molecule has 8 nitrogen and oxygen atoms in total. The molecular formula is C28H26N2O6. The summed E-state index contributed by atoms with van der Waals surface area (Å²) >= 11 is 0. The van der Waals surface area contributed by atoms with Gasteiger partial charge in [0.15, 0.2) is 11.5 Å². The fourth-order valence-electron chi connectivity index (χ4n) is 4.07. The maximum Gasteiger partial charge on any atom is 0.343 e. The van der Waals surface area contributed by atoms with Crippen molar-refractivity contribution in [1.82, 2.24) is 0 Å². The van der Waals surface area contributed by atoms with Gasteiger partial charge in [-0.05, 0) is 50.2 Å². The van der Waals surface area contributed by atoms with Crippen LogP contribution >= 0.6 is 0 Å². The van der Waals surface area contributed by atoms with Gasteiger partial charge in [0.05, 0.1) is 31.8 Å². The molecule has 0 aliphatic carbocycles. The summed E-state index contributed by atoms with van der Waals surface area (Å²) in [5.41, 5.74) is 8.10. The summed E-state index contributed by atoms with van der Waals surface area (Å²) in [6, 6.07) is 19.2. The van der Waals surface area contributed by atoms with Gasteiger partial charge in [0.2, 0.25) is 5.88 Å². The van der Waals surface area contributed by atoms with Crippen molar-refractivity contribution in [3.8, 4) is 34.8 Å². The highest BCUT2D eigenvalue weighted by Gasteiger charge is 2.33. The maximum absolute atomic E-state index is 12.7. The molecule has 0 saturated carbocycles. The summed E-state index contributed by atoms with van der Waals surface area (Å²) in [5.74, 6) is 1.17. The highest BCUT2D eigenvalue weighted by molar-refractivity contribution is 5.91. The Bertz CT molecular complexity index is 1360. The summed E-state index contributed by atoms with van der Waals surface area (Å²) in [7, 11) is 3.07. The predicted octanol–water partition coefficient (Wildman–Crippen LogP) is 4.93. The van der Waals surface area contributed by atoms with Gasteiger partial charge in [-0.1, -0.05) is 18.2 Å². The zero-order chi connectivity index (χ0) is 25.8. The summed E-state index contributed by atoms with van der Waals surface area (Å²) in [6.45, 7) is 3.85. The van der Waals surface area contributed by atoms with Crippen LogP contribution in [0.25, 0.3) is 0 Å². The molecule has 0 saturated heterocycles. The first-order chi connectivity index (χ1) is 17.4. The monoisotopic (exact) mass is 486 g/mol. The van der Waals surface area contributed by atoms with E-state index in [2.05, 4.69) is 6.07 Å². The molecule has 1 atom stereocenters. The Balaban J connectivity index is 1.66. The molecular weight excluding hydrogens is 460 g/mol. The molecule has 0 aromatic heterocycles. The van der Waals surface area contributed by atoms with Gasteiger partial charge in [-0.3, -0.25) is 0 Å². The van der Waals surface area contributed by atoms with Crippen molar-refractivity contribution in [2.24, 2.45) is 5.73 Å². The lowest BCUT2D eigenvalue weighted by Gasteiger charge is -2.28. The molecule has 0 bridgehead atoms. The van der Waals surface area contributed by atoms with Crippen LogP contribution in [0, 0.1) is 11.3 Å². The van der Waals surface area contributed by atoms with Crippen LogP contribution in [0.4, 0.5) is 0 Å². The molecule has 0 amide bonds. The van der Waals surface area contributed by atoms with E-state index in [0.717, 1.165) is 0 Å². The second-order valence-corrected chi connectivity index (χ2v) is 8.29. The normalized spacial score (nSPS) is 14.4. The SMILES string of the molecule is COc1cccc(C2C(C#N)=C(N)Oc3cc(OC(=O)c4ccc(OC(C)C)cc4)ccc32)c1OC. The van der Waals surface area contributed by atoms with Crippen LogP contribution in [0.1, 0.15) is 41.3 Å². The Morgan fingerprint density at radius 2 is 1.72 bits per heavy atom. The molecule has 1 aliphatic heterocycles. The van der Waals surface area contributed by atoms with Crippen LogP contribution in [0.15, 0.2) is 72.1 Å². The van der Waals surface area contributed by atoms with Gasteiger partial charge >= 0.3 is 5.97 Å². The number of methoxy groups -OCH3 is 2. The maximum atomic E-state index is 12.7. The quantitative estimate of drug-likeness (QED) is 0.370. The third-order valence-corrected chi connectivity index (χ3v) is 5.61. The van der Waals surface area contributed by atoms with E-state index in [9.17, 15) is 10.1 Å². The molecule has 1 heterocycles. The first-order valence-electron chi connectivity index (χ1n) is 11.3. The topological polar surface area (TPSA) is 113 Å². The average molecular weight is 487 g/mol. The van der Waals surface area contributed by atoms with E-state index >= 15 is 0 Å². The zero-order valence-corrected chi connectivity index (χ0v) is 20.4. The Hall–Kier alpha value is -4.64. The number of esters is 1. The van der Waals surface area contributed by atoms with E-state index in [-0.39, 0.29) is 23.3 Å². The molecule has 1 aliphatic rings. The Morgan fingerprint density at radius 3 is 2.36 bits per heavy atom. The predicted molar refractivity (Wildman–Crippen MR) is 132 cm³/mol. The summed E-state index contributed by atoms with van der Waals surface area (Å²) in [6.07, 6.45) is 0.0297. The fourth-order valence-corrected chi connectivity index (χ4v) is 4.07. The van der Waals surface area contributed by atoms with Gasteiger partial charge in [0, 0.05) is 17.2 Å². The number of allylic oxidation sites excluding steroid dienone is 1. The average Bonchev–Trinajstić information content (AvgIpc) is 2.87. The molecule has 36 heavy (non-hydrogen) atoms. The van der Waals surface area contributed by atoms with Crippen molar-refractivity contribution in [2.75, 3.05) is 14.2 Å². The van der Waals surface area contributed by atoms with Crippen molar-refractivity contribution in [3.05, 3.63) is 88.8 Å². The van der Waals surface area contributed by atoms with Gasteiger partial charge in [-0.15, -0.1) is 0 Å². The van der Waals surface area contributed by atoms with Crippen molar-refractivity contribution in [3.63, 3.8) is 0 Å². The van der Waals surface area contributed by atoms with Crippen molar-refractivity contribution >= 4 is 5.97 Å². The number of rotatable bonds is 7. The second-order valence-electron chi connectivity index (χ2n) is 8.29. The van der Waals surface area contributed by atoms with Crippen LogP contribution in [0.2, 0.25) is 0 Å². The van der Waals surface area contributed by atoms with E-state index in [4.69, 9.17) is 29.4 Å². The number of carbonyl (C=O) groups excluding carboxylic acids is 1. The summed E-state index contributed by atoms with van der Waals surface area (Å²) in [5, 5.41) is 9.86. The molecule has 0 spiro atoms. The standard InChI is InChI=1S/C28H26N2O6/c1-16(2)34-18-10-8-17(9-11-18)28(31)35-19-12-13-20-24(14-19)36-27(30)22(15-29)25(20)21-6-5-7-23(32-3)26(21)33-4/h5-14,16,25H,30H2,1-4H3. The molecule has 0 radical (unpaired) electrons. The number of nitrogens with zero attached hydrogens (tertiary/aromatic N) is 1. The number of ether oxygens (including phenoxy) is 5. The zero-order valence-electron chi connectivity index (χ0n) is 20.4. The first kappa shape index (κ1) is 24.5. The third kappa shape index (κ3) is 4.77. The van der Waals surface area contributed by atoms with E-state index in [0.29, 0.717) is 39.7 Å². The van der Waals surface area contributed by atoms with Crippen LogP contribution < -0.4 is 29.4 Å². The van der Waals surface area contributed by atoms with E-state index in [1.165, 1.54) is 7.11 Å². The lowest BCUT2D eigenvalue weighted by atomic mass is 9.83. The van der Waals surface area contributed by atoms with E-state index in [1.54, 1.807) is 55.6 Å². The molecule has 0 fully saturated rings. The van der Waals surface area contributed by atoms with Gasteiger partial charge in [-0.2, -0.15) is 5.26 Å². The van der Waals surface area contributed by atoms with Crippen LogP contribution in [-0.4, -0.2) is 26.3 Å². The third-order valence-electron chi connectivity index (χ3n) is 5.61. The van der Waals surface area contributed by atoms with Crippen LogP contribution in [0.3, 0.4) is 0 Å². The molecule has 3 aromatic rings. The number of benzene rings is 3. The van der Waals surface area contributed by atoms with Crippen molar-refractivity contribution < 1.29 is 28.5 Å². The molecule has 2 N–H and O–H groups in total. The van der Waals surface area contributed by atoms with Crippen molar-refractivity contribution in [2.45, 2.75) is 25.9 Å².